The number of amides is 1. The van der Waals surface area contributed by atoms with Crippen LogP contribution in [0.1, 0.15) is 22.8 Å². The van der Waals surface area contributed by atoms with Crippen molar-refractivity contribution in [3.63, 3.8) is 0 Å². The molecule has 0 unspecified atom stereocenters. The summed E-state index contributed by atoms with van der Waals surface area (Å²) < 4.78 is 44.2. The molecule has 0 saturated carbocycles. The summed E-state index contributed by atoms with van der Waals surface area (Å²) in [6, 6.07) is 8.99. The highest BCUT2D eigenvalue weighted by Gasteiger charge is 2.30. The summed E-state index contributed by atoms with van der Waals surface area (Å²) in [6.07, 6.45) is -3.13. The molecule has 1 atom stereocenters. The topological polar surface area (TPSA) is 91.7 Å². The van der Waals surface area contributed by atoms with Crippen LogP contribution in [0.4, 0.5) is 13.2 Å². The number of hydrogen-bond acceptors (Lipinski definition) is 5. The quantitative estimate of drug-likeness (QED) is 0.493. The Morgan fingerprint density at radius 3 is 2.58 bits per heavy atom. The first kappa shape index (κ1) is 22.3. The Hall–Kier alpha value is -3.43. The number of fused-ring (bicyclic) bond motifs is 1. The van der Waals surface area contributed by atoms with Crippen molar-refractivity contribution < 1.29 is 32.9 Å². The van der Waals surface area contributed by atoms with Crippen molar-refractivity contribution in [3.8, 4) is 11.5 Å². The lowest BCUT2D eigenvalue weighted by Gasteiger charge is -2.19. The number of halogens is 3. The Kier molecular flexibility index (Phi) is 6.57. The minimum Gasteiger partial charge on any atom is -0.455 e. The Balaban J connectivity index is 2.08. The van der Waals surface area contributed by atoms with Gasteiger partial charge in [0.15, 0.2) is 5.75 Å². The first-order valence-electron chi connectivity index (χ1n) is 9.19. The number of nitrogens with one attached hydrogen (secondary N) is 1. The van der Waals surface area contributed by atoms with Crippen LogP contribution < -0.4 is 10.1 Å². The third-order valence-corrected chi connectivity index (χ3v) is 4.54. The summed E-state index contributed by atoms with van der Waals surface area (Å²) in [5, 5.41) is 22.9. The van der Waals surface area contributed by atoms with Crippen LogP contribution in [0, 0.1) is 0 Å². The molecule has 0 aliphatic carbocycles. The summed E-state index contributed by atoms with van der Waals surface area (Å²) in [4.78, 5) is 15.9. The van der Waals surface area contributed by atoms with Crippen molar-refractivity contribution in [3.05, 3.63) is 78.0 Å². The monoisotopic (exact) mass is 432 g/mol. The third kappa shape index (κ3) is 5.01. The average Bonchev–Trinajstić information content (AvgIpc) is 2.76. The van der Waals surface area contributed by atoms with E-state index in [1.54, 1.807) is 12.1 Å². The summed E-state index contributed by atoms with van der Waals surface area (Å²) >= 11 is 0. The van der Waals surface area contributed by atoms with Crippen molar-refractivity contribution in [2.45, 2.75) is 18.8 Å². The molecule has 31 heavy (non-hydrogen) atoms. The van der Waals surface area contributed by atoms with E-state index in [2.05, 4.69) is 16.9 Å². The molecule has 0 spiro atoms. The summed E-state index contributed by atoms with van der Waals surface area (Å²) in [7, 11) is 0. The van der Waals surface area contributed by atoms with Gasteiger partial charge in [-0.3, -0.25) is 9.78 Å². The maximum atomic E-state index is 12.8. The lowest BCUT2D eigenvalue weighted by atomic mass is 9.96. The van der Waals surface area contributed by atoms with Gasteiger partial charge in [0.25, 0.3) is 0 Å². The van der Waals surface area contributed by atoms with E-state index >= 15 is 0 Å². The van der Waals surface area contributed by atoms with Crippen molar-refractivity contribution >= 4 is 16.8 Å². The van der Waals surface area contributed by atoms with Gasteiger partial charge in [0.2, 0.25) is 5.91 Å². The zero-order chi connectivity index (χ0) is 22.6. The van der Waals surface area contributed by atoms with Gasteiger partial charge in [-0.1, -0.05) is 12.6 Å². The number of hydrogen-bond donors (Lipinski definition) is 3. The molecule has 0 saturated heterocycles. The molecule has 162 valence electrons. The second-order valence-electron chi connectivity index (χ2n) is 6.59. The van der Waals surface area contributed by atoms with Crippen LogP contribution in [-0.2, 0) is 17.5 Å². The van der Waals surface area contributed by atoms with E-state index < -0.39 is 30.4 Å². The molecule has 0 aliphatic rings. The zero-order valence-electron chi connectivity index (χ0n) is 16.2. The fraction of sp³-hybridized carbons (Fsp3) is 0.182. The molecule has 3 rings (SSSR count). The number of aromatic nitrogens is 1. The van der Waals surface area contributed by atoms with Gasteiger partial charge >= 0.3 is 6.18 Å². The third-order valence-electron chi connectivity index (χ3n) is 4.54. The number of aliphatic hydroxyl groups excluding tert-OH is 2. The lowest BCUT2D eigenvalue weighted by molar-refractivity contribution is -0.137. The maximum Gasteiger partial charge on any atom is 0.416 e. The SMILES string of the molecule is C=CC(=O)NCc1cc(Oc2ccc(C(F)(F)F)cc2)c2ncccc2c1[C@H](O)CO. The van der Waals surface area contributed by atoms with E-state index in [9.17, 15) is 28.2 Å². The molecule has 0 aliphatic heterocycles. The Labute approximate surface area is 175 Å². The van der Waals surface area contributed by atoms with Crippen LogP contribution in [0.25, 0.3) is 10.9 Å². The van der Waals surface area contributed by atoms with Crippen molar-refractivity contribution in [1.29, 1.82) is 0 Å². The molecule has 0 radical (unpaired) electrons. The van der Waals surface area contributed by atoms with Gasteiger partial charge in [0, 0.05) is 18.1 Å². The van der Waals surface area contributed by atoms with E-state index in [0.717, 1.165) is 18.2 Å². The molecule has 3 N–H and O–H groups in total. The van der Waals surface area contributed by atoms with E-state index in [-0.39, 0.29) is 18.0 Å². The predicted molar refractivity (Wildman–Crippen MR) is 107 cm³/mol. The molecule has 3 aromatic rings. The second kappa shape index (κ2) is 9.15. The number of nitrogens with zero attached hydrogens (tertiary/aromatic N) is 1. The lowest BCUT2D eigenvalue weighted by Crippen LogP contribution is -2.22. The first-order valence-corrected chi connectivity index (χ1v) is 9.19. The van der Waals surface area contributed by atoms with Crippen LogP contribution in [0.2, 0.25) is 0 Å². The molecule has 0 fully saturated rings. The number of pyridine rings is 1. The van der Waals surface area contributed by atoms with Crippen LogP contribution in [-0.4, -0.2) is 27.7 Å². The van der Waals surface area contributed by atoms with Crippen LogP contribution >= 0.6 is 0 Å². The number of alkyl halides is 3. The summed E-state index contributed by atoms with van der Waals surface area (Å²) in [5.41, 5.74) is 0.328. The molecule has 2 aromatic carbocycles. The molecule has 1 aromatic heterocycles. The Morgan fingerprint density at radius 2 is 1.97 bits per heavy atom. The number of rotatable bonds is 7. The van der Waals surface area contributed by atoms with Gasteiger partial charge in [0.1, 0.15) is 17.4 Å². The maximum absolute atomic E-state index is 12.8. The molecule has 6 nitrogen and oxygen atoms in total. The zero-order valence-corrected chi connectivity index (χ0v) is 16.2. The van der Waals surface area contributed by atoms with Crippen LogP contribution in [0.15, 0.2) is 61.3 Å². The fourth-order valence-corrected chi connectivity index (χ4v) is 3.10. The van der Waals surface area contributed by atoms with E-state index in [1.165, 1.54) is 24.4 Å². The van der Waals surface area contributed by atoms with Gasteiger partial charge < -0.3 is 20.3 Å². The number of benzene rings is 2. The summed E-state index contributed by atoms with van der Waals surface area (Å²) in [5.74, 6) is -0.0792. The minimum atomic E-state index is -4.47. The highest BCUT2D eigenvalue weighted by molar-refractivity contribution is 5.90. The van der Waals surface area contributed by atoms with Gasteiger partial charge in [0.05, 0.1) is 12.2 Å². The number of ether oxygens (including phenoxy) is 1. The number of carbonyl (C=O) groups excluding carboxylic acids is 1. The van der Waals surface area contributed by atoms with E-state index in [0.29, 0.717) is 22.0 Å². The number of carbonyl (C=O) groups is 1. The minimum absolute atomic E-state index is 0.00848. The van der Waals surface area contributed by atoms with Crippen LogP contribution in [0.3, 0.4) is 0 Å². The fourth-order valence-electron chi connectivity index (χ4n) is 3.10. The van der Waals surface area contributed by atoms with E-state index in [1.807, 2.05) is 0 Å². The number of aliphatic hydroxyl groups is 2. The highest BCUT2D eigenvalue weighted by atomic mass is 19.4. The molecule has 9 heteroatoms. The standard InChI is InChI=1S/C22H19F3N2O4/c1-2-19(30)27-11-13-10-18(31-15-7-5-14(6-8-15)22(23,24)25)21-16(4-3-9-26-21)20(13)17(29)12-28/h2-10,17,28-29H,1,11-12H2,(H,27,30)/t17-/m1/s1. The Bertz CT molecular complexity index is 1100. The van der Waals surface area contributed by atoms with Gasteiger partial charge in [-0.25, -0.2) is 0 Å². The molecule has 1 heterocycles. The smallest absolute Gasteiger partial charge is 0.416 e. The van der Waals surface area contributed by atoms with Crippen molar-refractivity contribution in [2.24, 2.45) is 0 Å². The largest absolute Gasteiger partial charge is 0.455 e. The first-order chi connectivity index (χ1) is 14.7. The average molecular weight is 432 g/mol. The van der Waals surface area contributed by atoms with Gasteiger partial charge in [-0.15, -0.1) is 0 Å². The van der Waals surface area contributed by atoms with Gasteiger partial charge in [-0.2, -0.15) is 13.2 Å². The van der Waals surface area contributed by atoms with Crippen LogP contribution in [0.5, 0.6) is 11.5 Å². The van der Waals surface area contributed by atoms with E-state index in [4.69, 9.17) is 4.74 Å². The molecule has 0 bridgehead atoms. The Morgan fingerprint density at radius 1 is 1.26 bits per heavy atom. The molecular formula is C22H19F3N2O4. The molecule has 1 amide bonds. The normalized spacial score (nSPS) is 12.4. The molecular weight excluding hydrogens is 413 g/mol. The predicted octanol–water partition coefficient (Wildman–Crippen LogP) is 3.87. The second-order valence-corrected chi connectivity index (χ2v) is 6.59. The van der Waals surface area contributed by atoms with Crippen molar-refractivity contribution in [1.82, 2.24) is 10.3 Å². The van der Waals surface area contributed by atoms with Gasteiger partial charge in [-0.05, 0) is 53.6 Å². The van der Waals surface area contributed by atoms with Crippen molar-refractivity contribution in [2.75, 3.05) is 6.61 Å². The highest BCUT2D eigenvalue weighted by Crippen LogP contribution is 2.37. The summed E-state index contributed by atoms with van der Waals surface area (Å²) in [6.45, 7) is 2.81.